The molecule has 0 aliphatic carbocycles. The quantitative estimate of drug-likeness (QED) is 0.562. The SMILES string of the molecule is Cn1ncc(I)c1-c1c(F)c(Cl)cc(F)c1C#N. The summed E-state index contributed by atoms with van der Waals surface area (Å²) in [6.45, 7) is 0. The number of nitrogens with zero attached hydrogens (tertiary/aromatic N) is 3. The van der Waals surface area contributed by atoms with E-state index in [1.54, 1.807) is 13.1 Å². The summed E-state index contributed by atoms with van der Waals surface area (Å²) in [5.41, 5.74) is -0.212. The summed E-state index contributed by atoms with van der Waals surface area (Å²) in [6, 6.07) is 2.45. The molecule has 92 valence electrons. The van der Waals surface area contributed by atoms with Crippen LogP contribution in [0.4, 0.5) is 8.78 Å². The lowest BCUT2D eigenvalue weighted by atomic mass is 10.0. The first kappa shape index (κ1) is 13.2. The van der Waals surface area contributed by atoms with Gasteiger partial charge in [-0.05, 0) is 28.7 Å². The molecule has 0 amide bonds. The summed E-state index contributed by atoms with van der Waals surface area (Å²) in [4.78, 5) is 0. The van der Waals surface area contributed by atoms with Crippen molar-refractivity contribution in [3.63, 3.8) is 0 Å². The van der Waals surface area contributed by atoms with Gasteiger partial charge in [0.1, 0.15) is 17.4 Å². The van der Waals surface area contributed by atoms with Crippen LogP contribution < -0.4 is 0 Å². The molecule has 1 aromatic heterocycles. The van der Waals surface area contributed by atoms with Gasteiger partial charge in [0, 0.05) is 7.05 Å². The van der Waals surface area contributed by atoms with Crippen LogP contribution >= 0.6 is 34.2 Å². The van der Waals surface area contributed by atoms with Gasteiger partial charge in [0.2, 0.25) is 0 Å². The van der Waals surface area contributed by atoms with Crippen molar-refractivity contribution in [3.05, 3.63) is 38.1 Å². The van der Waals surface area contributed by atoms with E-state index in [4.69, 9.17) is 16.9 Å². The second kappa shape index (κ2) is 4.82. The highest BCUT2D eigenvalue weighted by molar-refractivity contribution is 14.1. The fourth-order valence-corrected chi connectivity index (χ4v) is 2.55. The lowest BCUT2D eigenvalue weighted by Gasteiger charge is -2.09. The Balaban J connectivity index is 2.91. The fourth-order valence-electron chi connectivity index (χ4n) is 1.62. The molecular formula is C11H5ClF2IN3. The molecule has 0 fully saturated rings. The molecule has 0 bridgehead atoms. The second-order valence-corrected chi connectivity index (χ2v) is 5.05. The minimum absolute atomic E-state index is 0.160. The van der Waals surface area contributed by atoms with E-state index < -0.39 is 11.6 Å². The molecule has 2 rings (SSSR count). The van der Waals surface area contributed by atoms with Crippen LogP contribution in [0.5, 0.6) is 0 Å². The van der Waals surface area contributed by atoms with Gasteiger partial charge < -0.3 is 0 Å². The Labute approximate surface area is 120 Å². The predicted molar refractivity (Wildman–Crippen MR) is 71.0 cm³/mol. The lowest BCUT2D eigenvalue weighted by molar-refractivity contribution is 0.598. The average Bonchev–Trinajstić information content (AvgIpc) is 2.64. The van der Waals surface area contributed by atoms with E-state index in [0.717, 1.165) is 6.07 Å². The van der Waals surface area contributed by atoms with E-state index in [2.05, 4.69) is 5.10 Å². The number of aromatic nitrogens is 2. The predicted octanol–water partition coefficient (Wildman–Crippen LogP) is 3.49. The molecule has 1 aromatic carbocycles. The Morgan fingerprint density at radius 2 is 2.17 bits per heavy atom. The maximum Gasteiger partial charge on any atom is 0.152 e. The second-order valence-electron chi connectivity index (χ2n) is 3.48. The number of hydrogen-bond donors (Lipinski definition) is 0. The number of halogens is 4. The van der Waals surface area contributed by atoms with Gasteiger partial charge in [-0.15, -0.1) is 0 Å². The zero-order valence-electron chi connectivity index (χ0n) is 9.01. The van der Waals surface area contributed by atoms with Crippen molar-refractivity contribution in [1.29, 1.82) is 5.26 Å². The standard InChI is InChI=1S/C11H5ClF2IN3/c1-18-11(8(15)4-17-18)9-5(3-16)7(13)2-6(12)10(9)14/h2,4H,1H3. The highest BCUT2D eigenvalue weighted by Gasteiger charge is 2.23. The van der Waals surface area contributed by atoms with Crippen LogP contribution in [0.3, 0.4) is 0 Å². The van der Waals surface area contributed by atoms with E-state index >= 15 is 0 Å². The van der Waals surface area contributed by atoms with Gasteiger partial charge in [0.25, 0.3) is 0 Å². The van der Waals surface area contributed by atoms with Crippen LogP contribution in [0.1, 0.15) is 5.56 Å². The smallest absolute Gasteiger partial charge is 0.152 e. The van der Waals surface area contributed by atoms with Crippen LogP contribution in [-0.2, 0) is 7.05 Å². The monoisotopic (exact) mass is 379 g/mol. The lowest BCUT2D eigenvalue weighted by Crippen LogP contribution is -2.02. The van der Waals surface area contributed by atoms with Gasteiger partial charge >= 0.3 is 0 Å². The van der Waals surface area contributed by atoms with Gasteiger partial charge in [0.15, 0.2) is 5.82 Å². The Morgan fingerprint density at radius 1 is 1.50 bits per heavy atom. The van der Waals surface area contributed by atoms with Gasteiger partial charge in [-0.25, -0.2) is 8.78 Å². The van der Waals surface area contributed by atoms with Gasteiger partial charge in [-0.2, -0.15) is 10.4 Å². The molecule has 0 N–H and O–H groups in total. The summed E-state index contributed by atoms with van der Waals surface area (Å²) in [5, 5.41) is 12.5. The van der Waals surface area contributed by atoms with Crippen LogP contribution in [0.15, 0.2) is 12.3 Å². The molecule has 18 heavy (non-hydrogen) atoms. The molecule has 0 unspecified atom stereocenters. The van der Waals surface area contributed by atoms with Crippen molar-refractivity contribution in [2.24, 2.45) is 7.05 Å². The first-order valence-corrected chi connectivity index (χ1v) is 6.18. The zero-order chi connectivity index (χ0) is 13.4. The highest BCUT2D eigenvalue weighted by atomic mass is 127. The average molecular weight is 380 g/mol. The summed E-state index contributed by atoms with van der Waals surface area (Å²) in [5.74, 6) is -1.67. The summed E-state index contributed by atoms with van der Waals surface area (Å²) in [6.07, 6.45) is 1.50. The summed E-state index contributed by atoms with van der Waals surface area (Å²) in [7, 11) is 1.58. The largest absolute Gasteiger partial charge is 0.267 e. The summed E-state index contributed by atoms with van der Waals surface area (Å²) < 4.78 is 29.7. The first-order valence-electron chi connectivity index (χ1n) is 4.72. The number of rotatable bonds is 1. The maximum absolute atomic E-state index is 14.1. The topological polar surface area (TPSA) is 41.6 Å². The third kappa shape index (κ3) is 1.97. The molecule has 0 saturated heterocycles. The maximum atomic E-state index is 14.1. The van der Waals surface area contributed by atoms with Crippen LogP contribution in [0.2, 0.25) is 5.02 Å². The van der Waals surface area contributed by atoms with Crippen molar-refractivity contribution >= 4 is 34.2 Å². The van der Waals surface area contributed by atoms with Crippen LogP contribution in [-0.4, -0.2) is 9.78 Å². The normalized spacial score (nSPS) is 10.4. The van der Waals surface area contributed by atoms with Gasteiger partial charge in [-0.1, -0.05) is 11.6 Å². The van der Waals surface area contributed by atoms with Crippen molar-refractivity contribution in [2.75, 3.05) is 0 Å². The third-order valence-electron chi connectivity index (χ3n) is 2.41. The van der Waals surface area contributed by atoms with E-state index in [1.807, 2.05) is 22.6 Å². The third-order valence-corrected chi connectivity index (χ3v) is 3.48. The van der Waals surface area contributed by atoms with Gasteiger partial charge in [-0.3, -0.25) is 4.68 Å². The molecule has 3 nitrogen and oxygen atoms in total. The molecule has 7 heteroatoms. The van der Waals surface area contributed by atoms with Crippen LogP contribution in [0.25, 0.3) is 11.3 Å². The van der Waals surface area contributed by atoms with Crippen molar-refractivity contribution in [1.82, 2.24) is 9.78 Å². The van der Waals surface area contributed by atoms with E-state index in [1.165, 1.54) is 10.9 Å². The van der Waals surface area contributed by atoms with Gasteiger partial charge in [0.05, 0.1) is 26.0 Å². The van der Waals surface area contributed by atoms with Crippen LogP contribution in [0, 0.1) is 26.5 Å². The molecule has 0 saturated carbocycles. The fraction of sp³-hybridized carbons (Fsp3) is 0.0909. The number of hydrogen-bond acceptors (Lipinski definition) is 2. The molecular weight excluding hydrogens is 374 g/mol. The van der Waals surface area contributed by atoms with E-state index in [-0.39, 0.29) is 16.1 Å². The minimum Gasteiger partial charge on any atom is -0.267 e. The molecule has 0 atom stereocenters. The Bertz CT molecular complexity index is 656. The molecule has 0 aliphatic heterocycles. The number of nitriles is 1. The summed E-state index contributed by atoms with van der Waals surface area (Å²) >= 11 is 7.55. The Kier molecular flexibility index (Phi) is 3.54. The molecule has 0 spiro atoms. The van der Waals surface area contributed by atoms with E-state index in [9.17, 15) is 8.78 Å². The van der Waals surface area contributed by atoms with Crippen molar-refractivity contribution in [3.8, 4) is 17.3 Å². The Hall–Kier alpha value is -1.20. The molecule has 1 heterocycles. The van der Waals surface area contributed by atoms with E-state index in [0.29, 0.717) is 9.26 Å². The zero-order valence-corrected chi connectivity index (χ0v) is 11.9. The molecule has 2 aromatic rings. The Morgan fingerprint density at radius 3 is 2.67 bits per heavy atom. The highest BCUT2D eigenvalue weighted by Crippen LogP contribution is 2.34. The van der Waals surface area contributed by atoms with Crippen molar-refractivity contribution < 1.29 is 8.78 Å². The number of benzene rings is 1. The minimum atomic E-state index is -0.851. The molecule has 0 radical (unpaired) electrons. The number of aryl methyl sites for hydroxylation is 1. The van der Waals surface area contributed by atoms with Crippen molar-refractivity contribution in [2.45, 2.75) is 0 Å². The first-order chi connectivity index (χ1) is 8.47. The molecule has 0 aliphatic rings.